The van der Waals surface area contributed by atoms with E-state index in [4.69, 9.17) is 0 Å². The van der Waals surface area contributed by atoms with Crippen LogP contribution in [-0.2, 0) is 6.42 Å². The molecule has 1 unspecified atom stereocenters. The molecule has 4 heteroatoms. The van der Waals surface area contributed by atoms with E-state index in [9.17, 15) is 0 Å². The summed E-state index contributed by atoms with van der Waals surface area (Å²) < 4.78 is 2.02. The van der Waals surface area contributed by atoms with Gasteiger partial charge in [0.25, 0.3) is 0 Å². The molecule has 0 saturated carbocycles. The monoisotopic (exact) mass is 263 g/mol. The summed E-state index contributed by atoms with van der Waals surface area (Å²) in [5, 5.41) is 10.2. The third-order valence-electron chi connectivity index (χ3n) is 3.17. The van der Waals surface area contributed by atoms with Crippen LogP contribution >= 0.6 is 11.3 Å². The van der Waals surface area contributed by atoms with Crippen LogP contribution < -0.4 is 5.32 Å². The Morgan fingerprint density at radius 2 is 2.17 bits per heavy atom. The van der Waals surface area contributed by atoms with Crippen molar-refractivity contribution in [3.05, 3.63) is 39.8 Å². The second-order valence-electron chi connectivity index (χ2n) is 4.89. The van der Waals surface area contributed by atoms with Crippen LogP contribution in [0.2, 0.25) is 0 Å². The molecule has 0 amide bonds. The molecular weight excluding hydrogens is 242 g/mol. The number of nitrogens with zero attached hydrogens (tertiary/aromatic N) is 2. The molecule has 0 saturated heterocycles. The molecule has 0 aliphatic heterocycles. The first kappa shape index (κ1) is 13.3. The number of likely N-dealkylation sites (N-methyl/N-ethyl adjacent to an activating group) is 1. The Hall–Kier alpha value is -1.13. The van der Waals surface area contributed by atoms with Crippen molar-refractivity contribution in [3.8, 4) is 0 Å². The average Bonchev–Trinajstić information content (AvgIpc) is 2.95. The molecular formula is C14H21N3S. The zero-order valence-corrected chi connectivity index (χ0v) is 12.3. The van der Waals surface area contributed by atoms with E-state index in [-0.39, 0.29) is 0 Å². The van der Waals surface area contributed by atoms with Gasteiger partial charge < -0.3 is 5.32 Å². The van der Waals surface area contributed by atoms with Crippen molar-refractivity contribution in [1.82, 2.24) is 15.1 Å². The molecule has 98 valence electrons. The standard InChI is InChI=1S/C14H21N3S/c1-10(2)17-7-5-12(16-17)9-13(15-4)14-11(3)6-8-18-14/h5-8,10,13,15H,9H2,1-4H3. The topological polar surface area (TPSA) is 29.9 Å². The van der Waals surface area contributed by atoms with E-state index in [0.29, 0.717) is 12.1 Å². The molecule has 0 radical (unpaired) electrons. The van der Waals surface area contributed by atoms with Gasteiger partial charge in [-0.3, -0.25) is 4.68 Å². The Balaban J connectivity index is 2.13. The molecule has 2 aromatic heterocycles. The van der Waals surface area contributed by atoms with Gasteiger partial charge in [-0.05, 0) is 50.9 Å². The van der Waals surface area contributed by atoms with Crippen LogP contribution in [0.4, 0.5) is 0 Å². The Bertz CT molecular complexity index is 499. The number of thiophene rings is 1. The Labute approximate surface area is 113 Å². The summed E-state index contributed by atoms with van der Waals surface area (Å²) in [5.74, 6) is 0. The predicted octanol–water partition coefficient (Wildman–Crippen LogP) is 3.34. The molecule has 1 atom stereocenters. The third-order valence-corrected chi connectivity index (χ3v) is 4.31. The van der Waals surface area contributed by atoms with Gasteiger partial charge in [-0.2, -0.15) is 5.10 Å². The Morgan fingerprint density at radius 3 is 2.67 bits per heavy atom. The molecule has 18 heavy (non-hydrogen) atoms. The number of hydrogen-bond acceptors (Lipinski definition) is 3. The van der Waals surface area contributed by atoms with E-state index in [1.807, 2.05) is 23.1 Å². The van der Waals surface area contributed by atoms with Crippen LogP contribution in [-0.4, -0.2) is 16.8 Å². The number of hydrogen-bond donors (Lipinski definition) is 1. The lowest BCUT2D eigenvalue weighted by Crippen LogP contribution is -2.19. The van der Waals surface area contributed by atoms with Crippen molar-refractivity contribution < 1.29 is 0 Å². The van der Waals surface area contributed by atoms with E-state index in [0.717, 1.165) is 12.1 Å². The molecule has 0 aliphatic carbocycles. The normalized spacial score (nSPS) is 13.2. The third kappa shape index (κ3) is 2.82. The molecule has 0 fully saturated rings. The molecule has 0 spiro atoms. The first-order valence-corrected chi connectivity index (χ1v) is 7.25. The van der Waals surface area contributed by atoms with Crippen LogP contribution in [0.15, 0.2) is 23.7 Å². The lowest BCUT2D eigenvalue weighted by molar-refractivity contribution is 0.516. The largest absolute Gasteiger partial charge is 0.312 e. The van der Waals surface area contributed by atoms with Crippen molar-refractivity contribution in [2.45, 2.75) is 39.3 Å². The second-order valence-corrected chi connectivity index (χ2v) is 5.84. The maximum atomic E-state index is 4.62. The van der Waals surface area contributed by atoms with E-state index < -0.39 is 0 Å². The van der Waals surface area contributed by atoms with Crippen LogP contribution in [0.1, 0.15) is 42.1 Å². The van der Waals surface area contributed by atoms with Crippen LogP contribution in [0.3, 0.4) is 0 Å². The summed E-state index contributed by atoms with van der Waals surface area (Å²) >= 11 is 1.82. The average molecular weight is 263 g/mol. The quantitative estimate of drug-likeness (QED) is 0.896. The highest BCUT2D eigenvalue weighted by Crippen LogP contribution is 2.26. The number of nitrogens with one attached hydrogen (secondary N) is 1. The summed E-state index contributed by atoms with van der Waals surface area (Å²) in [5.41, 5.74) is 2.51. The predicted molar refractivity (Wildman–Crippen MR) is 77.2 cm³/mol. The maximum absolute atomic E-state index is 4.62. The molecule has 1 N–H and O–H groups in total. The Morgan fingerprint density at radius 1 is 1.39 bits per heavy atom. The Kier molecular flexibility index (Phi) is 4.19. The van der Waals surface area contributed by atoms with Gasteiger partial charge in [-0.15, -0.1) is 11.3 Å². The summed E-state index contributed by atoms with van der Waals surface area (Å²) in [6.07, 6.45) is 3.01. The van der Waals surface area contributed by atoms with Gasteiger partial charge in [-0.25, -0.2) is 0 Å². The minimum Gasteiger partial charge on any atom is -0.312 e. The van der Waals surface area contributed by atoms with Crippen LogP contribution in [0.25, 0.3) is 0 Å². The minimum atomic E-state index is 0.362. The van der Waals surface area contributed by atoms with Gasteiger partial charge in [0.05, 0.1) is 5.69 Å². The molecule has 2 heterocycles. The van der Waals surface area contributed by atoms with Crippen molar-refractivity contribution in [2.24, 2.45) is 0 Å². The second kappa shape index (κ2) is 5.67. The zero-order chi connectivity index (χ0) is 13.1. The summed E-state index contributed by atoms with van der Waals surface area (Å²) in [7, 11) is 2.02. The van der Waals surface area contributed by atoms with E-state index in [1.54, 1.807) is 0 Å². The van der Waals surface area contributed by atoms with Gasteiger partial charge in [0, 0.05) is 29.6 Å². The van der Waals surface area contributed by atoms with E-state index in [1.165, 1.54) is 10.4 Å². The highest BCUT2D eigenvalue weighted by molar-refractivity contribution is 7.10. The first-order chi connectivity index (χ1) is 8.61. The fourth-order valence-corrected chi connectivity index (χ4v) is 3.09. The summed E-state index contributed by atoms with van der Waals surface area (Å²) in [6, 6.07) is 5.08. The fourth-order valence-electron chi connectivity index (χ4n) is 2.05. The van der Waals surface area contributed by atoms with Gasteiger partial charge in [0.15, 0.2) is 0 Å². The zero-order valence-electron chi connectivity index (χ0n) is 11.5. The number of rotatable bonds is 5. The summed E-state index contributed by atoms with van der Waals surface area (Å²) in [6.45, 7) is 6.47. The van der Waals surface area contributed by atoms with Gasteiger partial charge in [0.2, 0.25) is 0 Å². The van der Waals surface area contributed by atoms with Crippen molar-refractivity contribution in [2.75, 3.05) is 7.05 Å². The maximum Gasteiger partial charge on any atom is 0.0644 e. The van der Waals surface area contributed by atoms with Crippen LogP contribution in [0, 0.1) is 6.92 Å². The van der Waals surface area contributed by atoms with E-state index in [2.05, 4.69) is 54.9 Å². The number of aryl methyl sites for hydroxylation is 1. The van der Waals surface area contributed by atoms with Gasteiger partial charge in [0.1, 0.15) is 0 Å². The van der Waals surface area contributed by atoms with Gasteiger partial charge >= 0.3 is 0 Å². The lowest BCUT2D eigenvalue weighted by atomic mass is 10.1. The highest BCUT2D eigenvalue weighted by atomic mass is 32.1. The summed E-state index contributed by atoms with van der Waals surface area (Å²) in [4.78, 5) is 1.41. The smallest absolute Gasteiger partial charge is 0.0644 e. The minimum absolute atomic E-state index is 0.362. The molecule has 0 aromatic carbocycles. The first-order valence-electron chi connectivity index (χ1n) is 6.37. The van der Waals surface area contributed by atoms with E-state index >= 15 is 0 Å². The molecule has 2 aromatic rings. The van der Waals surface area contributed by atoms with Gasteiger partial charge in [-0.1, -0.05) is 0 Å². The highest BCUT2D eigenvalue weighted by Gasteiger charge is 2.15. The molecule has 3 nitrogen and oxygen atoms in total. The van der Waals surface area contributed by atoms with Crippen molar-refractivity contribution in [3.63, 3.8) is 0 Å². The lowest BCUT2D eigenvalue weighted by Gasteiger charge is -2.14. The SMILES string of the molecule is CNC(Cc1ccn(C(C)C)n1)c1sccc1C. The molecule has 2 rings (SSSR count). The van der Waals surface area contributed by atoms with Crippen molar-refractivity contribution >= 4 is 11.3 Å². The van der Waals surface area contributed by atoms with Crippen molar-refractivity contribution in [1.29, 1.82) is 0 Å². The molecule has 0 bridgehead atoms. The van der Waals surface area contributed by atoms with Crippen LogP contribution in [0.5, 0.6) is 0 Å². The fraction of sp³-hybridized carbons (Fsp3) is 0.500. The molecule has 0 aliphatic rings. The number of aromatic nitrogens is 2.